The summed E-state index contributed by atoms with van der Waals surface area (Å²) in [5, 5.41) is 12.0. The summed E-state index contributed by atoms with van der Waals surface area (Å²) in [4.78, 5) is 14.3. The van der Waals surface area contributed by atoms with Crippen molar-refractivity contribution in [1.82, 2.24) is 9.97 Å². The van der Waals surface area contributed by atoms with E-state index in [4.69, 9.17) is 0 Å². The van der Waals surface area contributed by atoms with Gasteiger partial charge in [0.1, 0.15) is 5.71 Å². The molecule has 0 radical (unpaired) electrons. The Kier molecular flexibility index (Phi) is 3.59. The molecule has 0 saturated carbocycles. The number of nitrogens with zero attached hydrogens (tertiary/aromatic N) is 3. The molecule has 2 aromatic rings. The highest BCUT2D eigenvalue weighted by molar-refractivity contribution is 6.06. The summed E-state index contributed by atoms with van der Waals surface area (Å²) in [6.45, 7) is 3.89. The molecular weight excluding hydrogens is 311 g/mol. The zero-order chi connectivity index (χ0) is 16.8. The van der Waals surface area contributed by atoms with Gasteiger partial charge in [0.25, 0.3) is 0 Å². The van der Waals surface area contributed by atoms with E-state index < -0.39 is 24.5 Å². The van der Waals surface area contributed by atoms with Crippen LogP contribution in [0.2, 0.25) is 0 Å². The van der Waals surface area contributed by atoms with E-state index in [1.54, 1.807) is 0 Å². The van der Waals surface area contributed by atoms with Crippen molar-refractivity contribution in [3.63, 3.8) is 0 Å². The Morgan fingerprint density at radius 2 is 1.96 bits per heavy atom. The van der Waals surface area contributed by atoms with Gasteiger partial charge in [-0.1, -0.05) is 0 Å². The fourth-order valence-electron chi connectivity index (χ4n) is 2.24. The molecule has 0 fully saturated rings. The van der Waals surface area contributed by atoms with Gasteiger partial charge >= 0.3 is 6.18 Å². The van der Waals surface area contributed by atoms with Gasteiger partial charge in [0.15, 0.2) is 6.23 Å². The van der Waals surface area contributed by atoms with E-state index in [9.17, 15) is 18.3 Å². The van der Waals surface area contributed by atoms with Crippen LogP contribution in [-0.4, -0.2) is 39.1 Å². The third kappa shape index (κ3) is 3.19. The van der Waals surface area contributed by atoms with Crippen LogP contribution in [0.25, 0.3) is 11.0 Å². The number of guanidine groups is 1. The van der Waals surface area contributed by atoms with Crippen LogP contribution in [-0.2, 0) is 0 Å². The fourth-order valence-corrected chi connectivity index (χ4v) is 2.24. The standard InChI is InChI=1S/C14H14F3N5O/c1-6-3-8-9(4-7(6)2)19-12(18-8)22-13-20-10(14(15,16)17)5-11(23)21-13/h3-4,11,23H,5H2,1-2H3,(H2,18,19,21,22). The Balaban J connectivity index is 1.90. The lowest BCUT2D eigenvalue weighted by atomic mass is 10.1. The molecule has 1 aliphatic heterocycles. The molecule has 6 nitrogen and oxygen atoms in total. The average molecular weight is 325 g/mol. The van der Waals surface area contributed by atoms with Crippen LogP contribution >= 0.6 is 0 Å². The summed E-state index contributed by atoms with van der Waals surface area (Å²) in [5.41, 5.74) is 2.46. The van der Waals surface area contributed by atoms with Gasteiger partial charge in [0.05, 0.1) is 11.0 Å². The number of imidazole rings is 1. The number of anilines is 1. The highest BCUT2D eigenvalue weighted by Gasteiger charge is 2.38. The Morgan fingerprint density at radius 3 is 2.65 bits per heavy atom. The molecule has 2 heterocycles. The van der Waals surface area contributed by atoms with E-state index in [1.807, 2.05) is 26.0 Å². The first-order valence-corrected chi connectivity index (χ1v) is 6.87. The van der Waals surface area contributed by atoms with E-state index in [2.05, 4.69) is 25.3 Å². The Labute approximate surface area is 129 Å². The van der Waals surface area contributed by atoms with Gasteiger partial charge in [-0.15, -0.1) is 0 Å². The molecule has 9 heteroatoms. The molecule has 1 unspecified atom stereocenters. The third-order valence-electron chi connectivity index (χ3n) is 3.54. The van der Waals surface area contributed by atoms with Gasteiger partial charge in [0, 0.05) is 6.42 Å². The number of fused-ring (bicyclic) bond motifs is 1. The first-order chi connectivity index (χ1) is 10.7. The van der Waals surface area contributed by atoms with Gasteiger partial charge < -0.3 is 10.1 Å². The highest BCUT2D eigenvalue weighted by Crippen LogP contribution is 2.24. The van der Waals surface area contributed by atoms with E-state index in [0.29, 0.717) is 5.52 Å². The number of alkyl halides is 3. The van der Waals surface area contributed by atoms with Crippen molar-refractivity contribution in [3.8, 4) is 0 Å². The second-order valence-corrected chi connectivity index (χ2v) is 5.36. The van der Waals surface area contributed by atoms with Crippen LogP contribution in [0.1, 0.15) is 17.5 Å². The molecule has 1 aromatic carbocycles. The quantitative estimate of drug-likeness (QED) is 0.753. The molecule has 122 valence electrons. The summed E-state index contributed by atoms with van der Waals surface area (Å²) in [6, 6.07) is 3.76. The maximum atomic E-state index is 12.7. The summed E-state index contributed by atoms with van der Waals surface area (Å²) in [5.74, 6) is -0.119. The predicted octanol–water partition coefficient (Wildman–Crippen LogP) is 2.67. The summed E-state index contributed by atoms with van der Waals surface area (Å²) < 4.78 is 38.2. The van der Waals surface area contributed by atoms with Crippen LogP contribution in [0, 0.1) is 13.8 Å². The number of halogens is 3. The highest BCUT2D eigenvalue weighted by atomic mass is 19.4. The first kappa shape index (κ1) is 15.5. The van der Waals surface area contributed by atoms with Crippen LogP contribution < -0.4 is 5.32 Å². The van der Waals surface area contributed by atoms with Gasteiger partial charge in [-0.3, -0.25) is 5.32 Å². The van der Waals surface area contributed by atoms with Crippen LogP contribution in [0.3, 0.4) is 0 Å². The minimum absolute atomic E-state index is 0.211. The first-order valence-electron chi connectivity index (χ1n) is 6.87. The number of H-pyrrole nitrogens is 1. The number of aryl methyl sites for hydroxylation is 2. The maximum Gasteiger partial charge on any atom is 0.429 e. The normalized spacial score (nSPS) is 18.8. The topological polar surface area (TPSA) is 85.7 Å². The molecule has 0 saturated heterocycles. The molecule has 1 aromatic heterocycles. The van der Waals surface area contributed by atoms with Crippen LogP contribution in [0.15, 0.2) is 22.1 Å². The molecule has 0 spiro atoms. The largest absolute Gasteiger partial charge is 0.429 e. The van der Waals surface area contributed by atoms with Gasteiger partial charge in [0.2, 0.25) is 11.9 Å². The van der Waals surface area contributed by atoms with Crippen LogP contribution in [0.5, 0.6) is 0 Å². The predicted molar refractivity (Wildman–Crippen MR) is 80.7 cm³/mol. The molecule has 1 aliphatic rings. The third-order valence-corrected chi connectivity index (χ3v) is 3.54. The second-order valence-electron chi connectivity index (χ2n) is 5.36. The monoisotopic (exact) mass is 325 g/mol. The van der Waals surface area contributed by atoms with Crippen molar-refractivity contribution in [2.75, 3.05) is 5.32 Å². The molecular formula is C14H14F3N5O. The Bertz CT molecular complexity index is 783. The lowest BCUT2D eigenvalue weighted by Gasteiger charge is -2.18. The Morgan fingerprint density at radius 1 is 1.26 bits per heavy atom. The smallest absolute Gasteiger partial charge is 0.371 e. The van der Waals surface area contributed by atoms with Gasteiger partial charge in [-0.2, -0.15) is 13.2 Å². The van der Waals surface area contributed by atoms with Gasteiger partial charge in [-0.05, 0) is 37.1 Å². The lowest BCUT2D eigenvalue weighted by Crippen LogP contribution is -2.33. The van der Waals surface area contributed by atoms with E-state index in [0.717, 1.165) is 16.6 Å². The summed E-state index contributed by atoms with van der Waals surface area (Å²) in [7, 11) is 0. The minimum Gasteiger partial charge on any atom is -0.371 e. The number of aliphatic hydroxyl groups is 1. The van der Waals surface area contributed by atoms with Crippen molar-refractivity contribution in [1.29, 1.82) is 0 Å². The lowest BCUT2D eigenvalue weighted by molar-refractivity contribution is -0.0623. The maximum absolute atomic E-state index is 12.7. The van der Waals surface area contributed by atoms with Crippen molar-refractivity contribution in [2.24, 2.45) is 9.98 Å². The van der Waals surface area contributed by atoms with E-state index in [1.165, 1.54) is 0 Å². The number of aliphatic imine (C=N–C) groups is 2. The van der Waals surface area contributed by atoms with Crippen LogP contribution in [0.4, 0.5) is 19.1 Å². The molecule has 0 aliphatic carbocycles. The number of aromatic nitrogens is 2. The number of hydrogen-bond acceptors (Lipinski definition) is 5. The molecule has 0 amide bonds. The number of benzene rings is 1. The fraction of sp³-hybridized carbons (Fsp3) is 0.357. The zero-order valence-electron chi connectivity index (χ0n) is 12.4. The van der Waals surface area contributed by atoms with Crippen molar-refractivity contribution < 1.29 is 18.3 Å². The average Bonchev–Trinajstić information content (AvgIpc) is 2.78. The number of hydrogen-bond donors (Lipinski definition) is 3. The number of aromatic amines is 1. The number of rotatable bonds is 1. The molecule has 3 rings (SSSR count). The summed E-state index contributed by atoms with van der Waals surface area (Å²) >= 11 is 0. The van der Waals surface area contributed by atoms with E-state index >= 15 is 0 Å². The summed E-state index contributed by atoms with van der Waals surface area (Å²) in [6.07, 6.45) is -6.75. The van der Waals surface area contributed by atoms with Gasteiger partial charge in [-0.25, -0.2) is 15.0 Å². The Hall–Kier alpha value is -2.42. The molecule has 1 atom stereocenters. The van der Waals surface area contributed by atoms with Crippen molar-refractivity contribution in [3.05, 3.63) is 23.3 Å². The molecule has 3 N–H and O–H groups in total. The van der Waals surface area contributed by atoms with Crippen molar-refractivity contribution >= 4 is 28.7 Å². The molecule has 0 bridgehead atoms. The SMILES string of the molecule is Cc1cc2nc(NC3=NC(O)CC(C(F)(F)F)=N3)[nH]c2cc1C. The zero-order valence-corrected chi connectivity index (χ0v) is 12.4. The second kappa shape index (κ2) is 5.34. The van der Waals surface area contributed by atoms with Crippen molar-refractivity contribution in [2.45, 2.75) is 32.7 Å². The van der Waals surface area contributed by atoms with E-state index in [-0.39, 0.29) is 11.9 Å². The number of nitrogens with one attached hydrogen (secondary N) is 2. The minimum atomic E-state index is -4.61. The molecule has 23 heavy (non-hydrogen) atoms. The number of aliphatic hydroxyl groups excluding tert-OH is 1.